The molecule has 1 aromatic rings. The van der Waals surface area contributed by atoms with Crippen LogP contribution in [0.5, 0.6) is 0 Å². The molecule has 0 saturated heterocycles. The molecule has 2 rings (SSSR count). The summed E-state index contributed by atoms with van der Waals surface area (Å²) in [5.74, 6) is -0.858. The first-order valence-corrected chi connectivity index (χ1v) is 6.64. The van der Waals surface area contributed by atoms with Crippen LogP contribution in [0, 0.1) is 4.91 Å². The van der Waals surface area contributed by atoms with E-state index in [1.54, 1.807) is 26.0 Å². The lowest BCUT2D eigenvalue weighted by molar-refractivity contribution is -0.144. The first kappa shape index (κ1) is 14.7. The van der Waals surface area contributed by atoms with E-state index >= 15 is 0 Å². The van der Waals surface area contributed by atoms with Crippen LogP contribution in [0.3, 0.4) is 0 Å². The highest BCUT2D eigenvalue weighted by Crippen LogP contribution is 2.44. The molecule has 1 aromatic carbocycles. The monoisotopic (exact) mass is 295 g/mol. The third-order valence-corrected chi connectivity index (χ3v) is 3.87. The van der Waals surface area contributed by atoms with E-state index in [9.17, 15) is 14.5 Å². The minimum absolute atomic E-state index is 0.0718. The number of ketones is 1. The van der Waals surface area contributed by atoms with Gasteiger partial charge in [-0.15, -0.1) is 4.91 Å². The van der Waals surface area contributed by atoms with Gasteiger partial charge in [0.05, 0.1) is 13.0 Å². The van der Waals surface area contributed by atoms with Gasteiger partial charge in [0.1, 0.15) is 0 Å². The maximum atomic E-state index is 12.2. The van der Waals surface area contributed by atoms with Crippen LogP contribution < -0.4 is 0 Å². The topological polar surface area (TPSA) is 72.8 Å². The Morgan fingerprint density at radius 2 is 2.20 bits per heavy atom. The van der Waals surface area contributed by atoms with E-state index < -0.39 is 23.2 Å². The van der Waals surface area contributed by atoms with Crippen molar-refractivity contribution in [1.82, 2.24) is 0 Å². The van der Waals surface area contributed by atoms with Crippen molar-refractivity contribution < 1.29 is 14.3 Å². The number of carbonyl (C=O) groups excluding carboxylic acids is 2. The van der Waals surface area contributed by atoms with Crippen molar-refractivity contribution in [1.29, 1.82) is 0 Å². The summed E-state index contributed by atoms with van der Waals surface area (Å²) in [5, 5.41) is 3.33. The Morgan fingerprint density at radius 3 is 2.80 bits per heavy atom. The molecular formula is C14H14ClNO4. The minimum Gasteiger partial charge on any atom is -0.466 e. The second kappa shape index (κ2) is 5.32. The van der Waals surface area contributed by atoms with Crippen LogP contribution in [0.1, 0.15) is 36.2 Å². The molecule has 2 atom stereocenters. The number of fused-ring (bicyclic) bond motifs is 1. The minimum atomic E-state index is -1.12. The van der Waals surface area contributed by atoms with Gasteiger partial charge < -0.3 is 4.74 Å². The highest BCUT2D eigenvalue weighted by molar-refractivity contribution is 6.31. The number of hydrogen-bond donors (Lipinski definition) is 0. The average molecular weight is 296 g/mol. The summed E-state index contributed by atoms with van der Waals surface area (Å²) in [6.07, 6.45) is -0.0718. The molecule has 0 bridgehead atoms. The zero-order valence-electron chi connectivity index (χ0n) is 11.2. The molecule has 0 N–H and O–H groups in total. The van der Waals surface area contributed by atoms with Crippen molar-refractivity contribution in [3.63, 3.8) is 0 Å². The van der Waals surface area contributed by atoms with Crippen LogP contribution in [-0.4, -0.2) is 24.4 Å². The summed E-state index contributed by atoms with van der Waals surface area (Å²) >= 11 is 5.88. The molecule has 0 radical (unpaired) electrons. The van der Waals surface area contributed by atoms with Gasteiger partial charge in [-0.05, 0) is 24.6 Å². The predicted molar refractivity (Wildman–Crippen MR) is 74.0 cm³/mol. The van der Waals surface area contributed by atoms with Gasteiger partial charge in [-0.1, -0.05) is 29.8 Å². The number of ether oxygens (including phenoxy) is 1. The zero-order chi connectivity index (χ0) is 14.9. The van der Waals surface area contributed by atoms with Gasteiger partial charge in [0.25, 0.3) is 0 Å². The molecular weight excluding hydrogens is 282 g/mol. The molecule has 0 saturated carbocycles. The fourth-order valence-electron chi connectivity index (χ4n) is 2.67. The number of nitroso groups, excluding NO2 is 1. The quantitative estimate of drug-likeness (QED) is 0.632. The number of carbonyl (C=O) groups is 2. The second-order valence-corrected chi connectivity index (χ2v) is 5.40. The third kappa shape index (κ3) is 2.22. The molecule has 20 heavy (non-hydrogen) atoms. The molecule has 0 heterocycles. The van der Waals surface area contributed by atoms with Crippen molar-refractivity contribution in [3.05, 3.63) is 39.3 Å². The average Bonchev–Trinajstić information content (AvgIpc) is 2.57. The van der Waals surface area contributed by atoms with Crippen LogP contribution in [0.2, 0.25) is 5.02 Å². The van der Waals surface area contributed by atoms with Crippen molar-refractivity contribution in [2.75, 3.05) is 6.61 Å². The van der Waals surface area contributed by atoms with Crippen molar-refractivity contribution in [2.24, 2.45) is 5.18 Å². The largest absolute Gasteiger partial charge is 0.466 e. The number of esters is 1. The highest BCUT2D eigenvalue weighted by Gasteiger charge is 2.51. The lowest BCUT2D eigenvalue weighted by Crippen LogP contribution is -2.36. The van der Waals surface area contributed by atoms with Gasteiger partial charge in [0, 0.05) is 16.0 Å². The van der Waals surface area contributed by atoms with E-state index in [1.807, 2.05) is 0 Å². The van der Waals surface area contributed by atoms with Gasteiger partial charge in [-0.25, -0.2) is 0 Å². The summed E-state index contributed by atoms with van der Waals surface area (Å²) < 4.78 is 4.92. The molecule has 1 aliphatic rings. The summed E-state index contributed by atoms with van der Waals surface area (Å²) in [7, 11) is 0. The lowest BCUT2D eigenvalue weighted by Gasteiger charge is -2.26. The van der Waals surface area contributed by atoms with Crippen LogP contribution in [0.15, 0.2) is 23.4 Å². The van der Waals surface area contributed by atoms with Crippen molar-refractivity contribution in [3.8, 4) is 0 Å². The normalized spacial score (nSPS) is 24.4. The number of hydrogen-bond acceptors (Lipinski definition) is 5. The molecule has 1 aliphatic carbocycles. The number of rotatable bonds is 4. The molecule has 0 fully saturated rings. The smallest absolute Gasteiger partial charge is 0.306 e. The maximum Gasteiger partial charge on any atom is 0.306 e. The van der Waals surface area contributed by atoms with Gasteiger partial charge in [-0.3, -0.25) is 9.59 Å². The first-order chi connectivity index (χ1) is 9.43. The summed E-state index contributed by atoms with van der Waals surface area (Å²) in [5.41, 5.74) is -0.0104. The molecule has 0 aromatic heterocycles. The molecule has 0 amide bonds. The van der Waals surface area contributed by atoms with Crippen molar-refractivity contribution >= 4 is 23.4 Å². The van der Waals surface area contributed by atoms with Crippen LogP contribution >= 0.6 is 11.6 Å². The Hall–Kier alpha value is -1.75. The molecule has 5 nitrogen and oxygen atoms in total. The van der Waals surface area contributed by atoms with E-state index in [-0.39, 0.29) is 13.0 Å². The second-order valence-electron chi connectivity index (χ2n) is 4.96. The number of nitrogens with zero attached hydrogens (tertiary/aromatic N) is 1. The summed E-state index contributed by atoms with van der Waals surface area (Å²) in [6, 6.07) is 3.68. The molecule has 2 unspecified atom stereocenters. The third-order valence-electron chi connectivity index (χ3n) is 3.64. The Balaban J connectivity index is 2.48. The fourth-order valence-corrected chi connectivity index (χ4v) is 2.84. The van der Waals surface area contributed by atoms with Gasteiger partial charge >= 0.3 is 5.97 Å². The summed E-state index contributed by atoms with van der Waals surface area (Å²) in [4.78, 5) is 35.0. The van der Waals surface area contributed by atoms with Gasteiger partial charge in [0.15, 0.2) is 11.8 Å². The van der Waals surface area contributed by atoms with Gasteiger partial charge in [0.2, 0.25) is 0 Å². The first-order valence-electron chi connectivity index (χ1n) is 6.26. The van der Waals surface area contributed by atoms with E-state index in [0.717, 1.165) is 0 Å². The highest BCUT2D eigenvalue weighted by atomic mass is 35.5. The number of benzene rings is 1. The standard InChI is InChI=1S/C14H14ClNO4/c1-3-20-11(17)7-14(2)10-5-4-8(15)6-9(10)12(18)13(14)16-19/h4-6,13H,3,7H2,1-2H3. The van der Waals surface area contributed by atoms with E-state index in [2.05, 4.69) is 5.18 Å². The van der Waals surface area contributed by atoms with Crippen LogP contribution in [0.4, 0.5) is 0 Å². The Kier molecular flexibility index (Phi) is 3.90. The van der Waals surface area contributed by atoms with Crippen molar-refractivity contribution in [2.45, 2.75) is 31.7 Å². The van der Waals surface area contributed by atoms with Crippen LogP contribution in [-0.2, 0) is 14.9 Å². The Morgan fingerprint density at radius 1 is 1.50 bits per heavy atom. The molecule has 6 heteroatoms. The number of halogens is 1. The SMILES string of the molecule is CCOC(=O)CC1(C)c2ccc(Cl)cc2C(=O)C1N=O. The lowest BCUT2D eigenvalue weighted by atomic mass is 9.78. The summed E-state index contributed by atoms with van der Waals surface area (Å²) in [6.45, 7) is 3.62. The maximum absolute atomic E-state index is 12.2. The molecule has 0 aliphatic heterocycles. The van der Waals surface area contributed by atoms with E-state index in [1.165, 1.54) is 6.07 Å². The van der Waals surface area contributed by atoms with E-state index in [0.29, 0.717) is 16.1 Å². The Labute approximate surface area is 121 Å². The van der Waals surface area contributed by atoms with E-state index in [4.69, 9.17) is 16.3 Å². The number of Topliss-reactive ketones (excluding diaryl/α,β-unsaturated/α-hetero) is 1. The van der Waals surface area contributed by atoms with Crippen LogP contribution in [0.25, 0.3) is 0 Å². The Bertz CT molecular complexity index is 587. The van der Waals surface area contributed by atoms with Gasteiger partial charge in [-0.2, -0.15) is 0 Å². The zero-order valence-corrected chi connectivity index (χ0v) is 11.9. The fraction of sp³-hybridized carbons (Fsp3) is 0.429. The molecule has 106 valence electrons. The predicted octanol–water partition coefficient (Wildman–Crippen LogP) is 2.88. The molecule has 0 spiro atoms.